The summed E-state index contributed by atoms with van der Waals surface area (Å²) in [6.45, 7) is 1.48. The zero-order valence-electron chi connectivity index (χ0n) is 18.3. The van der Waals surface area contributed by atoms with E-state index in [4.69, 9.17) is 14.2 Å². The van der Waals surface area contributed by atoms with E-state index in [-0.39, 0.29) is 11.5 Å². The van der Waals surface area contributed by atoms with E-state index < -0.39 is 6.17 Å². The van der Waals surface area contributed by atoms with Gasteiger partial charge in [-0.25, -0.2) is 4.90 Å². The van der Waals surface area contributed by atoms with Gasteiger partial charge in [0.25, 0.3) is 6.17 Å². The van der Waals surface area contributed by atoms with Gasteiger partial charge in [-0.15, -0.1) is 0 Å². The van der Waals surface area contributed by atoms with E-state index >= 15 is 0 Å². The van der Waals surface area contributed by atoms with Gasteiger partial charge in [0.2, 0.25) is 16.8 Å². The molecule has 1 aliphatic heterocycles. The van der Waals surface area contributed by atoms with Crippen molar-refractivity contribution >= 4 is 23.4 Å². The molecule has 3 aromatic rings. The Bertz CT molecular complexity index is 1260. The van der Waals surface area contributed by atoms with E-state index in [0.29, 0.717) is 44.9 Å². The maximum Gasteiger partial charge on any atom is 0.325 e. The Morgan fingerprint density at radius 3 is 2.44 bits per heavy atom. The molecule has 0 radical (unpaired) electrons. The van der Waals surface area contributed by atoms with E-state index in [1.807, 2.05) is 24.5 Å². The van der Waals surface area contributed by atoms with Crippen molar-refractivity contribution in [3.05, 3.63) is 52.3 Å². The topological polar surface area (TPSA) is 97.6 Å². The van der Waals surface area contributed by atoms with Crippen LogP contribution in [-0.2, 0) is 4.79 Å². The molecule has 0 aliphatic carbocycles. The average molecular weight is 456 g/mol. The number of aromatic nitrogens is 3. The summed E-state index contributed by atoms with van der Waals surface area (Å²) in [4.78, 5) is 30.5. The number of nitrogens with one attached hydrogen (secondary N) is 1. The van der Waals surface area contributed by atoms with Crippen LogP contribution >= 0.6 is 11.8 Å². The van der Waals surface area contributed by atoms with E-state index in [0.717, 1.165) is 0 Å². The monoisotopic (exact) mass is 455 g/mol. The summed E-state index contributed by atoms with van der Waals surface area (Å²) in [5.41, 5.74) is 1.85. The highest BCUT2D eigenvalue weighted by atomic mass is 32.2. The molecule has 2 heterocycles. The fourth-order valence-corrected chi connectivity index (χ4v) is 4.38. The highest BCUT2D eigenvalue weighted by Gasteiger charge is 2.46. The number of carbonyl (C=O) groups excluding carboxylic acids is 1. The molecule has 1 atom stereocenters. The molecule has 1 amide bonds. The van der Waals surface area contributed by atoms with Crippen LogP contribution < -0.4 is 29.4 Å². The molecule has 0 spiro atoms. The summed E-state index contributed by atoms with van der Waals surface area (Å²) in [5, 5.41) is 5.08. The summed E-state index contributed by atoms with van der Waals surface area (Å²) in [6.07, 6.45) is 1.02. The first-order valence-corrected chi connectivity index (χ1v) is 11.0. The van der Waals surface area contributed by atoms with E-state index in [2.05, 4.69) is 10.1 Å². The first-order valence-electron chi connectivity index (χ1n) is 9.75. The minimum atomic E-state index is -0.791. The molecule has 0 fully saturated rings. The standard InChI is InChI=1S/C22H22N4O5S/c1-12(27)25-15-9-7-6-8-13(15)17-20(28)23-22(32-5)24-26(17)21(25)14-10-11-16(29-2)19(31-4)18(14)30-3/h6-11,21H,1-5H3/p+1/t21-/m1/s1. The number of thioether (sulfide) groups is 1. The number of methoxy groups -OCH3 is 3. The van der Waals surface area contributed by atoms with Crippen LogP contribution in [0.2, 0.25) is 0 Å². The Morgan fingerprint density at radius 1 is 1.09 bits per heavy atom. The van der Waals surface area contributed by atoms with Crippen molar-refractivity contribution in [3.63, 3.8) is 0 Å². The summed E-state index contributed by atoms with van der Waals surface area (Å²) in [6, 6.07) is 10.8. The summed E-state index contributed by atoms with van der Waals surface area (Å²) in [5.74, 6) is 1.03. The number of carbonyl (C=O) groups is 1. The number of para-hydroxylation sites is 1. The number of rotatable bonds is 5. The molecule has 32 heavy (non-hydrogen) atoms. The van der Waals surface area contributed by atoms with Crippen molar-refractivity contribution in [2.45, 2.75) is 18.2 Å². The fraction of sp³-hybridized carbons (Fsp3) is 0.273. The lowest BCUT2D eigenvalue weighted by Gasteiger charge is -2.32. The van der Waals surface area contributed by atoms with E-state index in [9.17, 15) is 9.59 Å². The predicted octanol–water partition coefficient (Wildman–Crippen LogP) is 2.39. The largest absolute Gasteiger partial charge is 0.493 e. The number of fused-ring (bicyclic) bond motifs is 3. The van der Waals surface area contributed by atoms with Gasteiger partial charge >= 0.3 is 11.3 Å². The van der Waals surface area contributed by atoms with Gasteiger partial charge in [0.1, 0.15) is 0 Å². The van der Waals surface area contributed by atoms with Crippen molar-refractivity contribution in [3.8, 4) is 28.5 Å². The third-order valence-corrected chi connectivity index (χ3v) is 5.87. The van der Waals surface area contributed by atoms with Crippen molar-refractivity contribution in [2.24, 2.45) is 0 Å². The van der Waals surface area contributed by atoms with Crippen LogP contribution in [0.4, 0.5) is 5.69 Å². The molecule has 0 saturated carbocycles. The fourth-order valence-electron chi connectivity index (χ4n) is 4.01. The Balaban J connectivity index is 2.12. The number of hydrogen-bond acceptors (Lipinski definition) is 7. The van der Waals surface area contributed by atoms with Gasteiger partial charge in [-0.2, -0.15) is 0 Å². The Labute approximate surface area is 188 Å². The van der Waals surface area contributed by atoms with Crippen LogP contribution in [0, 0.1) is 0 Å². The van der Waals surface area contributed by atoms with Crippen LogP contribution in [0.15, 0.2) is 46.3 Å². The molecule has 1 aliphatic rings. The molecular weight excluding hydrogens is 432 g/mol. The SMILES string of the molecule is COc1ccc([C@@H]2N(C(C)=O)c3ccccc3-c3c(=O)[nH]c(SC)n[n+]32)c(OC)c1OC. The second-order valence-corrected chi connectivity index (χ2v) is 7.75. The lowest BCUT2D eigenvalue weighted by molar-refractivity contribution is -0.763. The van der Waals surface area contributed by atoms with Crippen LogP contribution in [0.5, 0.6) is 17.2 Å². The van der Waals surface area contributed by atoms with Crippen molar-refractivity contribution in [1.29, 1.82) is 0 Å². The second kappa shape index (κ2) is 8.54. The van der Waals surface area contributed by atoms with Crippen LogP contribution in [0.25, 0.3) is 11.3 Å². The molecule has 0 bridgehead atoms. The molecular formula is C22H23N4O5S+. The van der Waals surface area contributed by atoms with Gasteiger partial charge < -0.3 is 14.2 Å². The van der Waals surface area contributed by atoms with Crippen LogP contribution in [0.1, 0.15) is 18.7 Å². The number of amides is 1. The lowest BCUT2D eigenvalue weighted by Crippen LogP contribution is -2.60. The maximum absolute atomic E-state index is 13.1. The smallest absolute Gasteiger partial charge is 0.325 e. The molecule has 0 saturated heterocycles. The van der Waals surface area contributed by atoms with Gasteiger partial charge in [0.15, 0.2) is 11.5 Å². The van der Waals surface area contributed by atoms with Gasteiger partial charge in [-0.1, -0.05) is 23.9 Å². The Hall–Kier alpha value is -3.53. The molecule has 0 unspecified atom stereocenters. The van der Waals surface area contributed by atoms with Gasteiger partial charge in [0.05, 0.1) is 38.1 Å². The highest BCUT2D eigenvalue weighted by Crippen LogP contribution is 2.45. The third kappa shape index (κ3) is 3.27. The Kier molecular flexibility index (Phi) is 5.79. The zero-order valence-corrected chi connectivity index (χ0v) is 19.1. The van der Waals surface area contributed by atoms with Crippen molar-refractivity contribution in [2.75, 3.05) is 32.5 Å². The molecule has 1 aromatic heterocycles. The van der Waals surface area contributed by atoms with E-state index in [1.54, 1.807) is 27.8 Å². The number of H-pyrrole nitrogens is 1. The summed E-state index contributed by atoms with van der Waals surface area (Å²) < 4.78 is 18.2. The average Bonchev–Trinajstić information content (AvgIpc) is 2.81. The van der Waals surface area contributed by atoms with Gasteiger partial charge in [0, 0.05) is 12.0 Å². The number of nitrogens with zero attached hydrogens (tertiary/aromatic N) is 3. The molecule has 10 heteroatoms. The minimum absolute atomic E-state index is 0.217. The normalized spacial score (nSPS) is 14.4. The van der Waals surface area contributed by atoms with Crippen LogP contribution in [-0.4, -0.2) is 43.6 Å². The van der Waals surface area contributed by atoms with Crippen molar-refractivity contribution < 1.29 is 23.7 Å². The number of ether oxygens (including phenoxy) is 3. The number of benzene rings is 2. The quantitative estimate of drug-likeness (QED) is 0.466. The third-order valence-electron chi connectivity index (χ3n) is 5.30. The first kappa shape index (κ1) is 21.7. The number of hydrogen-bond donors (Lipinski definition) is 1. The molecule has 2 aromatic carbocycles. The minimum Gasteiger partial charge on any atom is -0.493 e. The maximum atomic E-state index is 13.1. The van der Waals surface area contributed by atoms with E-state index in [1.165, 1.54) is 40.0 Å². The number of anilines is 1. The summed E-state index contributed by atoms with van der Waals surface area (Å²) >= 11 is 1.30. The van der Waals surface area contributed by atoms with Crippen LogP contribution in [0.3, 0.4) is 0 Å². The summed E-state index contributed by atoms with van der Waals surface area (Å²) in [7, 11) is 4.56. The molecule has 1 N–H and O–H groups in total. The lowest BCUT2D eigenvalue weighted by atomic mass is 10.0. The second-order valence-electron chi connectivity index (χ2n) is 6.96. The van der Waals surface area contributed by atoms with Crippen molar-refractivity contribution in [1.82, 2.24) is 10.1 Å². The Morgan fingerprint density at radius 2 is 1.81 bits per heavy atom. The van der Waals surface area contributed by atoms with Gasteiger partial charge in [-0.3, -0.25) is 14.6 Å². The zero-order chi connectivity index (χ0) is 23.0. The molecule has 9 nitrogen and oxygen atoms in total. The highest BCUT2D eigenvalue weighted by molar-refractivity contribution is 7.98. The first-order chi connectivity index (χ1) is 15.5. The molecule has 166 valence electrons. The molecule has 4 rings (SSSR count). The van der Waals surface area contributed by atoms with Gasteiger partial charge in [-0.05, 0) is 35.2 Å². The number of aromatic amines is 1. The predicted molar refractivity (Wildman–Crippen MR) is 120 cm³/mol.